The van der Waals surface area contributed by atoms with E-state index in [0.29, 0.717) is 6.07 Å². The van der Waals surface area contributed by atoms with E-state index >= 15 is 0 Å². The number of aliphatic imine (C=N–C) groups is 1. The Morgan fingerprint density at radius 1 is 1.12 bits per heavy atom. The van der Waals surface area contributed by atoms with Crippen LogP contribution in [-0.2, 0) is 12.7 Å². The third-order valence-electron chi connectivity index (χ3n) is 3.87. The van der Waals surface area contributed by atoms with Gasteiger partial charge in [-0.05, 0) is 23.3 Å². The minimum atomic E-state index is -4.85. The summed E-state index contributed by atoms with van der Waals surface area (Å²) in [4.78, 5) is 17.0. The molecule has 0 spiro atoms. The van der Waals surface area contributed by atoms with Crippen molar-refractivity contribution in [2.45, 2.75) is 18.8 Å². The van der Waals surface area contributed by atoms with Crippen LogP contribution < -0.4 is 5.73 Å². The SMILES string of the molecule is NC1=NC(=O)N(Cc2ccccc2)C1c1ccc(F)c(C(F)(F)F)c1. The van der Waals surface area contributed by atoms with Crippen LogP contribution in [0.1, 0.15) is 22.7 Å². The molecule has 0 aromatic heterocycles. The molecule has 1 aliphatic rings. The summed E-state index contributed by atoms with van der Waals surface area (Å²) < 4.78 is 52.4. The van der Waals surface area contributed by atoms with Crippen LogP contribution >= 0.6 is 0 Å². The standard InChI is InChI=1S/C17H13F4N3O/c18-13-7-6-11(8-12(13)17(19,20)21)14-15(22)23-16(25)24(14)9-10-4-2-1-3-5-10/h1-8,14H,9H2,(H2,22,23,25). The number of alkyl halides is 3. The van der Waals surface area contributed by atoms with Crippen molar-refractivity contribution in [2.75, 3.05) is 0 Å². The van der Waals surface area contributed by atoms with Gasteiger partial charge >= 0.3 is 12.2 Å². The number of hydrogen-bond donors (Lipinski definition) is 1. The Morgan fingerprint density at radius 2 is 1.80 bits per heavy atom. The zero-order chi connectivity index (χ0) is 18.2. The van der Waals surface area contributed by atoms with E-state index in [0.717, 1.165) is 11.6 Å². The highest BCUT2D eigenvalue weighted by atomic mass is 19.4. The first-order chi connectivity index (χ1) is 11.8. The van der Waals surface area contributed by atoms with Crippen LogP contribution in [0.15, 0.2) is 53.5 Å². The molecule has 0 saturated heterocycles. The quantitative estimate of drug-likeness (QED) is 0.853. The first-order valence-corrected chi connectivity index (χ1v) is 7.32. The molecule has 130 valence electrons. The van der Waals surface area contributed by atoms with E-state index in [1.54, 1.807) is 30.3 Å². The average molecular weight is 351 g/mol. The van der Waals surface area contributed by atoms with Gasteiger partial charge in [-0.2, -0.15) is 18.2 Å². The number of urea groups is 1. The van der Waals surface area contributed by atoms with Gasteiger partial charge in [0.15, 0.2) is 0 Å². The Kier molecular flexibility index (Phi) is 4.20. The summed E-state index contributed by atoms with van der Waals surface area (Å²) in [6.07, 6.45) is -4.85. The summed E-state index contributed by atoms with van der Waals surface area (Å²) >= 11 is 0. The zero-order valence-corrected chi connectivity index (χ0v) is 12.8. The van der Waals surface area contributed by atoms with Crippen LogP contribution in [0.25, 0.3) is 0 Å². The summed E-state index contributed by atoms with van der Waals surface area (Å²) in [6.45, 7) is 0.118. The van der Waals surface area contributed by atoms with E-state index < -0.39 is 29.6 Å². The summed E-state index contributed by atoms with van der Waals surface area (Å²) in [6, 6.07) is 9.81. The van der Waals surface area contributed by atoms with Gasteiger partial charge in [0.1, 0.15) is 17.7 Å². The van der Waals surface area contributed by atoms with Crippen LogP contribution in [0.4, 0.5) is 22.4 Å². The fourth-order valence-electron chi connectivity index (χ4n) is 2.73. The number of amidine groups is 1. The second-order valence-electron chi connectivity index (χ2n) is 5.57. The Bertz CT molecular complexity index is 834. The molecule has 1 unspecified atom stereocenters. The lowest BCUT2D eigenvalue weighted by atomic mass is 10.0. The maximum atomic E-state index is 13.5. The van der Waals surface area contributed by atoms with Gasteiger partial charge in [0.25, 0.3) is 0 Å². The fraction of sp³-hybridized carbons (Fsp3) is 0.176. The van der Waals surface area contributed by atoms with E-state index in [4.69, 9.17) is 5.73 Å². The number of nitrogens with zero attached hydrogens (tertiary/aromatic N) is 2. The maximum Gasteiger partial charge on any atom is 0.419 e. The van der Waals surface area contributed by atoms with E-state index in [1.165, 1.54) is 11.0 Å². The molecular weight excluding hydrogens is 338 g/mol. The van der Waals surface area contributed by atoms with E-state index in [1.807, 2.05) is 0 Å². The maximum absolute atomic E-state index is 13.5. The Morgan fingerprint density at radius 3 is 2.44 bits per heavy atom. The topological polar surface area (TPSA) is 58.7 Å². The van der Waals surface area contributed by atoms with Crippen molar-refractivity contribution in [1.29, 1.82) is 0 Å². The molecule has 2 aromatic rings. The van der Waals surface area contributed by atoms with Gasteiger partial charge in [-0.3, -0.25) is 0 Å². The van der Waals surface area contributed by atoms with Crippen LogP contribution in [-0.4, -0.2) is 16.8 Å². The van der Waals surface area contributed by atoms with Crippen molar-refractivity contribution in [1.82, 2.24) is 4.90 Å². The molecule has 0 fully saturated rings. The highest BCUT2D eigenvalue weighted by Crippen LogP contribution is 2.35. The molecule has 0 aliphatic carbocycles. The third-order valence-corrected chi connectivity index (χ3v) is 3.87. The highest BCUT2D eigenvalue weighted by Gasteiger charge is 2.38. The first-order valence-electron chi connectivity index (χ1n) is 7.32. The minimum Gasteiger partial charge on any atom is -0.385 e. The second kappa shape index (κ2) is 6.19. The molecule has 2 N–H and O–H groups in total. The average Bonchev–Trinajstić information content (AvgIpc) is 2.82. The molecule has 0 radical (unpaired) electrons. The molecule has 8 heteroatoms. The Labute approximate surface area is 140 Å². The van der Waals surface area contributed by atoms with Crippen LogP contribution in [0.2, 0.25) is 0 Å². The van der Waals surface area contributed by atoms with Gasteiger partial charge in [0.2, 0.25) is 0 Å². The highest BCUT2D eigenvalue weighted by molar-refractivity contribution is 6.03. The third kappa shape index (κ3) is 3.33. The monoisotopic (exact) mass is 351 g/mol. The van der Waals surface area contributed by atoms with Crippen molar-refractivity contribution in [2.24, 2.45) is 10.7 Å². The molecule has 1 heterocycles. The van der Waals surface area contributed by atoms with E-state index in [9.17, 15) is 22.4 Å². The van der Waals surface area contributed by atoms with Gasteiger partial charge in [-0.1, -0.05) is 36.4 Å². The van der Waals surface area contributed by atoms with Gasteiger partial charge in [0.05, 0.1) is 5.56 Å². The predicted molar refractivity (Wildman–Crippen MR) is 83.1 cm³/mol. The molecule has 1 atom stereocenters. The molecule has 0 saturated carbocycles. The Balaban J connectivity index is 1.99. The number of nitrogens with two attached hydrogens (primary N) is 1. The molecule has 2 aromatic carbocycles. The van der Waals surface area contributed by atoms with Gasteiger partial charge in [-0.25, -0.2) is 9.18 Å². The van der Waals surface area contributed by atoms with Crippen molar-refractivity contribution in [3.63, 3.8) is 0 Å². The van der Waals surface area contributed by atoms with Crippen molar-refractivity contribution in [3.05, 3.63) is 71.0 Å². The summed E-state index contributed by atoms with van der Waals surface area (Å²) in [5, 5.41) is 0. The van der Waals surface area contributed by atoms with Crippen LogP contribution in [0.5, 0.6) is 0 Å². The summed E-state index contributed by atoms with van der Waals surface area (Å²) in [5.74, 6) is -1.51. The number of amides is 2. The molecule has 3 rings (SSSR count). The van der Waals surface area contributed by atoms with Crippen LogP contribution in [0.3, 0.4) is 0 Å². The predicted octanol–water partition coefficient (Wildman–Crippen LogP) is 3.88. The lowest BCUT2D eigenvalue weighted by molar-refractivity contribution is -0.140. The molecule has 1 aliphatic heterocycles. The summed E-state index contributed by atoms with van der Waals surface area (Å²) in [5.41, 5.74) is 5.17. The van der Waals surface area contributed by atoms with E-state index in [2.05, 4.69) is 4.99 Å². The van der Waals surface area contributed by atoms with Gasteiger partial charge in [0, 0.05) is 6.54 Å². The van der Waals surface area contributed by atoms with Gasteiger partial charge < -0.3 is 10.6 Å². The second-order valence-corrected chi connectivity index (χ2v) is 5.57. The number of hydrogen-bond acceptors (Lipinski definition) is 2. The smallest absolute Gasteiger partial charge is 0.385 e. The molecule has 25 heavy (non-hydrogen) atoms. The van der Waals surface area contributed by atoms with Gasteiger partial charge in [-0.15, -0.1) is 0 Å². The van der Waals surface area contributed by atoms with Crippen molar-refractivity contribution < 1.29 is 22.4 Å². The van der Waals surface area contributed by atoms with Crippen LogP contribution in [0, 0.1) is 5.82 Å². The number of halogens is 4. The number of carbonyl (C=O) groups is 1. The zero-order valence-electron chi connectivity index (χ0n) is 12.8. The molecule has 2 amide bonds. The molecule has 4 nitrogen and oxygen atoms in total. The lowest BCUT2D eigenvalue weighted by Crippen LogP contribution is -2.33. The first kappa shape index (κ1) is 16.9. The molecule has 0 bridgehead atoms. The number of rotatable bonds is 3. The van der Waals surface area contributed by atoms with E-state index in [-0.39, 0.29) is 17.9 Å². The normalized spacial score (nSPS) is 17.8. The summed E-state index contributed by atoms with van der Waals surface area (Å²) in [7, 11) is 0. The largest absolute Gasteiger partial charge is 0.419 e. The Hall–Kier alpha value is -2.90. The van der Waals surface area contributed by atoms with Crippen molar-refractivity contribution in [3.8, 4) is 0 Å². The minimum absolute atomic E-state index is 0.0526. The molecular formula is C17H13F4N3O. The lowest BCUT2D eigenvalue weighted by Gasteiger charge is -2.25. The number of carbonyl (C=O) groups excluding carboxylic acids is 1. The fourth-order valence-corrected chi connectivity index (χ4v) is 2.73. The van der Waals surface area contributed by atoms with Crippen molar-refractivity contribution >= 4 is 11.9 Å². The number of benzene rings is 2.